The van der Waals surface area contributed by atoms with Crippen molar-refractivity contribution in [3.8, 4) is 0 Å². The molecule has 50 valence electrons. The molecular weight excluding hydrogens is 394 g/mol. The van der Waals surface area contributed by atoms with Crippen LogP contribution in [0.1, 0.15) is 0 Å². The quantitative estimate of drug-likeness (QED) is 0.378. The number of hydrogen-bond donors (Lipinski definition) is 0. The van der Waals surface area contributed by atoms with Gasteiger partial charge < -0.3 is 0 Å². The van der Waals surface area contributed by atoms with E-state index in [0.29, 0.717) is 12.3 Å². The first-order chi connectivity index (χ1) is 2.71. The molecule has 0 amide bonds. The van der Waals surface area contributed by atoms with Gasteiger partial charge in [-0.2, -0.15) is 8.42 Å². The van der Waals surface area contributed by atoms with E-state index in [1.807, 2.05) is 0 Å². The van der Waals surface area contributed by atoms with Crippen LogP contribution in [0.25, 0.3) is 0 Å². The normalized spacial score (nSPS) is 17.2. The maximum absolute atomic E-state index is 9.62. The molecule has 0 saturated carbocycles. The maximum atomic E-state index is 9.62. The van der Waals surface area contributed by atoms with Crippen LogP contribution in [0.4, 0.5) is 0 Å². The summed E-state index contributed by atoms with van der Waals surface area (Å²) in [6.45, 7) is 0. The van der Waals surface area contributed by atoms with Crippen LogP contribution in [0, 0.1) is 0 Å². The molecule has 1 rings (SSSR count). The largest absolute Gasteiger partial charge is 0.425 e. The summed E-state index contributed by atoms with van der Waals surface area (Å²) in [7, 11) is -3.52. The molecule has 1 aliphatic rings. The van der Waals surface area contributed by atoms with Crippen LogP contribution < -0.4 is 0 Å². The molecule has 1 heterocycles. The summed E-state index contributed by atoms with van der Waals surface area (Å²) in [6.07, 6.45) is 0. The van der Waals surface area contributed by atoms with Crippen molar-refractivity contribution in [3.05, 3.63) is 0 Å². The van der Waals surface area contributed by atoms with Gasteiger partial charge >= 0.3 is 10.4 Å². The summed E-state index contributed by atoms with van der Waals surface area (Å²) in [5, 5.41) is 0. The molecular formula is AuNa3O4S2. The van der Waals surface area contributed by atoms with Gasteiger partial charge in [0.15, 0.2) is 12.3 Å². The minimum absolute atomic E-state index is 0. The smallest absolute Gasteiger partial charge is 0.167 e. The third kappa shape index (κ3) is 10.0. The van der Waals surface area contributed by atoms with E-state index in [9.17, 15) is 8.42 Å². The summed E-state index contributed by atoms with van der Waals surface area (Å²) >= 11 is 0.456. The average molecular weight is 394 g/mol. The molecule has 0 aliphatic carbocycles. The summed E-state index contributed by atoms with van der Waals surface area (Å²) < 4.78 is 26.8. The maximum Gasteiger partial charge on any atom is 0.425 e. The van der Waals surface area contributed by atoms with E-state index in [0.717, 1.165) is 0 Å². The van der Waals surface area contributed by atoms with Crippen molar-refractivity contribution in [2.24, 2.45) is 0 Å². The summed E-state index contributed by atoms with van der Waals surface area (Å²) in [5.41, 5.74) is 0. The molecule has 0 aromatic rings. The Hall–Kier alpha value is 3.96. The Labute approximate surface area is 146 Å². The van der Waals surface area contributed by atoms with Crippen molar-refractivity contribution in [1.29, 1.82) is 0 Å². The first-order valence-electron chi connectivity index (χ1n) is 1.00. The van der Waals surface area contributed by atoms with Gasteiger partial charge in [0.05, 0.1) is 0 Å². The van der Waals surface area contributed by atoms with E-state index in [1.165, 1.54) is 0 Å². The van der Waals surface area contributed by atoms with Crippen LogP contribution in [0.5, 0.6) is 0 Å². The molecule has 0 aromatic carbocycles. The van der Waals surface area contributed by atoms with Crippen molar-refractivity contribution < 1.29 is 38.1 Å². The second-order valence-corrected chi connectivity index (χ2v) is 2.65. The molecule has 10 heteroatoms. The van der Waals surface area contributed by atoms with Crippen molar-refractivity contribution in [3.63, 3.8) is 0 Å². The third-order valence-electron chi connectivity index (χ3n) is 0.222. The summed E-state index contributed by atoms with van der Waals surface area (Å²) in [4.78, 5) is 0. The van der Waals surface area contributed by atoms with Gasteiger partial charge in [0.1, 0.15) is 0 Å². The molecule has 1 saturated heterocycles. The van der Waals surface area contributed by atoms with Crippen molar-refractivity contribution in [2.75, 3.05) is 0 Å². The minimum atomic E-state index is -3.52. The molecule has 10 heavy (non-hydrogen) atoms. The predicted octanol–water partition coefficient (Wildman–Crippen LogP) is -1.30. The zero-order chi connectivity index (χ0) is 4.62. The topological polar surface area (TPSA) is 52.6 Å². The predicted molar refractivity (Wildman–Crippen MR) is 35.9 cm³/mol. The van der Waals surface area contributed by atoms with E-state index < -0.39 is 10.4 Å². The van der Waals surface area contributed by atoms with E-state index in [4.69, 9.17) is 0 Å². The first kappa shape index (κ1) is 23.6. The average Bonchev–Trinajstić information content (AvgIpc) is 1.32. The Balaban J connectivity index is -0.0000000450. The van der Waals surface area contributed by atoms with Crippen LogP contribution in [0.2, 0.25) is 0 Å². The molecule has 0 atom stereocenters. The van der Waals surface area contributed by atoms with E-state index in [1.54, 1.807) is 0 Å². The van der Waals surface area contributed by atoms with E-state index in [-0.39, 0.29) is 111 Å². The minimum Gasteiger partial charge on any atom is -0.167 e. The van der Waals surface area contributed by atoms with Crippen LogP contribution in [0.3, 0.4) is 0 Å². The molecule has 1 fully saturated rings. The Morgan fingerprint density at radius 2 is 1.20 bits per heavy atom. The van der Waals surface area contributed by atoms with Gasteiger partial charge in [0, 0.05) is 111 Å². The monoisotopic (exact) mass is 394 g/mol. The second kappa shape index (κ2) is 11.0. The van der Waals surface area contributed by atoms with Crippen molar-refractivity contribution >= 4 is 111 Å². The SMILES string of the molecule is O=S1(=O)OSO1.[Au].[Na].[Na].[Na]. The fourth-order valence-corrected chi connectivity index (χ4v) is 0.658. The van der Waals surface area contributed by atoms with Gasteiger partial charge in [0.2, 0.25) is 0 Å². The standard InChI is InChI=1S/Au.3Na.O4S2/c;;;;1-6(2)3-5-4-6. The molecule has 0 spiro atoms. The van der Waals surface area contributed by atoms with Crippen molar-refractivity contribution in [2.45, 2.75) is 0 Å². The number of rotatable bonds is 0. The zero-order valence-electron chi connectivity index (χ0n) is 5.75. The third-order valence-corrected chi connectivity index (χ3v) is 2.00. The molecule has 0 N–H and O–H groups in total. The molecule has 1 aliphatic heterocycles. The van der Waals surface area contributed by atoms with Gasteiger partial charge in [0.25, 0.3) is 0 Å². The van der Waals surface area contributed by atoms with Crippen LogP contribution in [-0.4, -0.2) is 97.1 Å². The molecule has 4 radical (unpaired) electrons. The Morgan fingerprint density at radius 1 is 1.00 bits per heavy atom. The first-order valence-corrected chi connectivity index (χ1v) is 3.00. The van der Waals surface area contributed by atoms with Crippen LogP contribution >= 0.6 is 12.3 Å². The Bertz CT molecular complexity index is 133. The fourth-order valence-electron chi connectivity index (χ4n) is 0.0731. The van der Waals surface area contributed by atoms with Gasteiger partial charge in [-0.15, -0.1) is 7.26 Å². The second-order valence-electron chi connectivity index (χ2n) is 0.612. The Morgan fingerprint density at radius 3 is 1.20 bits per heavy atom. The van der Waals surface area contributed by atoms with Gasteiger partial charge in [-0.05, 0) is 0 Å². The van der Waals surface area contributed by atoms with Gasteiger partial charge in [-0.3, -0.25) is 0 Å². The number of hydrogen-bond acceptors (Lipinski definition) is 5. The zero-order valence-corrected chi connectivity index (χ0v) is 15.6. The molecule has 4 nitrogen and oxygen atoms in total. The van der Waals surface area contributed by atoms with Crippen molar-refractivity contribution in [1.82, 2.24) is 0 Å². The molecule has 0 aromatic heterocycles. The molecule has 0 unspecified atom stereocenters. The van der Waals surface area contributed by atoms with Crippen LogP contribution in [0.15, 0.2) is 0 Å². The van der Waals surface area contributed by atoms with Gasteiger partial charge in [-0.1, -0.05) is 0 Å². The summed E-state index contributed by atoms with van der Waals surface area (Å²) in [5.74, 6) is 0. The van der Waals surface area contributed by atoms with E-state index in [2.05, 4.69) is 7.26 Å². The van der Waals surface area contributed by atoms with Crippen LogP contribution in [-0.2, 0) is 40.0 Å². The van der Waals surface area contributed by atoms with E-state index >= 15 is 0 Å². The molecule has 0 bridgehead atoms. The summed E-state index contributed by atoms with van der Waals surface area (Å²) in [6, 6.07) is 0. The Kier molecular flexibility index (Phi) is 26.1. The fraction of sp³-hybridized carbons (Fsp3) is 0. The van der Waals surface area contributed by atoms with Gasteiger partial charge in [-0.25, -0.2) is 0 Å².